The molecule has 0 radical (unpaired) electrons. The van der Waals surface area contributed by atoms with Gasteiger partial charge in [0.1, 0.15) is 6.10 Å². The molecular formula is C13H25O5P3. The predicted octanol–water partition coefficient (Wildman–Crippen LogP) is 4.08. The van der Waals surface area contributed by atoms with Gasteiger partial charge in [0, 0.05) is 24.7 Å². The van der Waals surface area contributed by atoms with E-state index in [9.17, 15) is 0 Å². The molecule has 3 unspecified atom stereocenters. The van der Waals surface area contributed by atoms with Gasteiger partial charge in [-0.15, -0.1) is 0 Å². The van der Waals surface area contributed by atoms with Crippen molar-refractivity contribution in [1.82, 2.24) is 0 Å². The lowest BCUT2D eigenvalue weighted by atomic mass is 10.3. The molecule has 5 nitrogen and oxygen atoms in total. The molecule has 1 heterocycles. The average Bonchev–Trinajstić information content (AvgIpc) is 2.94. The van der Waals surface area contributed by atoms with Crippen molar-refractivity contribution in [3.8, 4) is 11.5 Å². The standard InChI is InChI=1S/C6H16O3P2.C6H5O2P.CH4/c1-7-4-6(9-11-3)5-8-10-2;1-2-4-6-5(3-1)7-9-8-6;/h6,10-11H,4-5H2,1-3H3;1-4,9H;1H4. The van der Waals surface area contributed by atoms with E-state index in [4.69, 9.17) is 22.8 Å². The van der Waals surface area contributed by atoms with Gasteiger partial charge in [-0.2, -0.15) is 0 Å². The Morgan fingerprint density at radius 2 is 1.71 bits per heavy atom. The molecule has 8 heteroatoms. The number of fused-ring (bicyclic) bond motifs is 1. The first-order valence-corrected chi connectivity index (χ1v) is 9.72. The number of ether oxygens (including phenoxy) is 1. The molecule has 0 spiro atoms. The van der Waals surface area contributed by atoms with Crippen LogP contribution in [0.25, 0.3) is 0 Å². The second-order valence-electron chi connectivity index (χ2n) is 3.65. The zero-order chi connectivity index (χ0) is 14.6. The Hall–Kier alpha value is -0.0100. The summed E-state index contributed by atoms with van der Waals surface area (Å²) in [4.78, 5) is 0. The fraction of sp³-hybridized carbons (Fsp3) is 0.538. The number of rotatable bonds is 7. The first-order valence-electron chi connectivity index (χ1n) is 6.09. The van der Waals surface area contributed by atoms with Crippen LogP contribution in [-0.4, -0.2) is 39.8 Å². The Morgan fingerprint density at radius 1 is 1.10 bits per heavy atom. The highest BCUT2D eigenvalue weighted by Gasteiger charge is 2.10. The molecule has 0 amide bonds. The van der Waals surface area contributed by atoms with Gasteiger partial charge in [0.15, 0.2) is 11.5 Å². The summed E-state index contributed by atoms with van der Waals surface area (Å²) in [5.41, 5.74) is 0. The third-order valence-corrected chi connectivity index (χ3v) is 3.83. The maximum atomic E-state index is 5.37. The minimum absolute atomic E-state index is 0. The molecule has 0 fully saturated rings. The summed E-state index contributed by atoms with van der Waals surface area (Å²) in [6.45, 7) is 5.25. The summed E-state index contributed by atoms with van der Waals surface area (Å²) in [7, 11) is 2.85. The third-order valence-electron chi connectivity index (χ3n) is 2.20. The van der Waals surface area contributed by atoms with Crippen molar-refractivity contribution in [3.63, 3.8) is 0 Å². The maximum Gasteiger partial charge on any atom is 0.275 e. The minimum atomic E-state index is 0. The second kappa shape index (κ2) is 13.6. The monoisotopic (exact) mass is 354 g/mol. The van der Waals surface area contributed by atoms with Crippen molar-refractivity contribution >= 4 is 26.6 Å². The van der Waals surface area contributed by atoms with Gasteiger partial charge >= 0.3 is 0 Å². The van der Waals surface area contributed by atoms with Crippen LogP contribution < -0.4 is 9.05 Å². The van der Waals surface area contributed by atoms with Crippen molar-refractivity contribution in [2.75, 3.05) is 33.7 Å². The van der Waals surface area contributed by atoms with Crippen molar-refractivity contribution < 1.29 is 22.8 Å². The van der Waals surface area contributed by atoms with E-state index in [0.717, 1.165) is 11.5 Å². The summed E-state index contributed by atoms with van der Waals surface area (Å²) in [6.07, 6.45) is 0.107. The van der Waals surface area contributed by atoms with E-state index in [1.165, 1.54) is 0 Å². The normalized spacial score (nSPS) is 14.0. The van der Waals surface area contributed by atoms with Crippen LogP contribution in [0.5, 0.6) is 11.5 Å². The van der Waals surface area contributed by atoms with Crippen LogP contribution in [0.4, 0.5) is 0 Å². The fourth-order valence-electron chi connectivity index (χ4n) is 1.37. The van der Waals surface area contributed by atoms with Gasteiger partial charge in [0.05, 0.1) is 13.2 Å². The van der Waals surface area contributed by atoms with Crippen molar-refractivity contribution in [2.45, 2.75) is 13.5 Å². The molecule has 3 atom stereocenters. The van der Waals surface area contributed by atoms with Crippen LogP contribution in [0, 0.1) is 0 Å². The lowest BCUT2D eigenvalue weighted by molar-refractivity contribution is 0.0633. The molecule has 1 aromatic rings. The van der Waals surface area contributed by atoms with Crippen LogP contribution in [0.2, 0.25) is 0 Å². The highest BCUT2D eigenvalue weighted by Crippen LogP contribution is 2.40. The van der Waals surface area contributed by atoms with Gasteiger partial charge in [0.2, 0.25) is 0 Å². The maximum absolute atomic E-state index is 5.37. The zero-order valence-electron chi connectivity index (χ0n) is 11.8. The van der Waals surface area contributed by atoms with Crippen LogP contribution in [-0.2, 0) is 13.8 Å². The van der Waals surface area contributed by atoms with Crippen molar-refractivity contribution in [2.24, 2.45) is 0 Å². The summed E-state index contributed by atoms with van der Waals surface area (Å²) in [5.74, 6) is 1.71. The van der Waals surface area contributed by atoms with Gasteiger partial charge in [-0.25, -0.2) is 0 Å². The first-order chi connectivity index (χ1) is 9.81. The molecule has 1 aliphatic heterocycles. The molecule has 0 aromatic heterocycles. The van der Waals surface area contributed by atoms with E-state index in [-0.39, 0.29) is 22.6 Å². The first kappa shape index (κ1) is 21.0. The predicted molar refractivity (Wildman–Crippen MR) is 93.9 cm³/mol. The van der Waals surface area contributed by atoms with Gasteiger partial charge in [-0.3, -0.25) is 0 Å². The second-order valence-corrected chi connectivity index (χ2v) is 5.56. The van der Waals surface area contributed by atoms with Crippen LogP contribution >= 0.6 is 26.6 Å². The largest absolute Gasteiger partial charge is 0.437 e. The SMILES string of the molecule is C.COCC(COPC)OPC.c1ccc2c(c1)OPO2. The minimum Gasteiger partial charge on any atom is -0.437 e. The van der Waals surface area contributed by atoms with E-state index in [2.05, 4.69) is 0 Å². The summed E-state index contributed by atoms with van der Waals surface area (Å²) < 4.78 is 25.8. The van der Waals surface area contributed by atoms with E-state index in [1.807, 2.05) is 37.6 Å². The summed E-state index contributed by atoms with van der Waals surface area (Å²) in [5, 5.41) is 0. The fourth-order valence-corrected chi connectivity index (χ4v) is 2.75. The number of methoxy groups -OCH3 is 1. The Bertz CT molecular complexity index is 338. The third kappa shape index (κ3) is 8.88. The van der Waals surface area contributed by atoms with Crippen molar-refractivity contribution in [1.29, 1.82) is 0 Å². The Morgan fingerprint density at radius 3 is 2.19 bits per heavy atom. The molecular weight excluding hydrogens is 329 g/mol. The molecule has 21 heavy (non-hydrogen) atoms. The number of hydrogen-bond acceptors (Lipinski definition) is 5. The molecule has 1 aliphatic rings. The summed E-state index contributed by atoms with van der Waals surface area (Å²) in [6, 6.07) is 7.65. The van der Waals surface area contributed by atoms with Crippen LogP contribution in [0.15, 0.2) is 24.3 Å². The lowest BCUT2D eigenvalue weighted by Crippen LogP contribution is -2.20. The van der Waals surface area contributed by atoms with E-state index in [0.29, 0.717) is 30.8 Å². The van der Waals surface area contributed by atoms with Gasteiger partial charge in [0.25, 0.3) is 9.03 Å². The van der Waals surface area contributed by atoms with Gasteiger partial charge in [-0.05, 0) is 25.5 Å². The highest BCUT2D eigenvalue weighted by molar-refractivity contribution is 7.31. The Balaban J connectivity index is 0.000000367. The van der Waals surface area contributed by atoms with Crippen molar-refractivity contribution in [3.05, 3.63) is 24.3 Å². The van der Waals surface area contributed by atoms with E-state index in [1.54, 1.807) is 7.11 Å². The average molecular weight is 354 g/mol. The molecule has 122 valence electrons. The highest BCUT2D eigenvalue weighted by atomic mass is 31.1. The Labute approximate surface area is 133 Å². The van der Waals surface area contributed by atoms with Gasteiger partial charge in [-0.1, -0.05) is 19.6 Å². The molecule has 0 saturated heterocycles. The zero-order valence-corrected chi connectivity index (χ0v) is 14.8. The number of hydrogen-bond donors (Lipinski definition) is 0. The molecule has 0 bridgehead atoms. The molecule has 2 rings (SSSR count). The molecule has 0 N–H and O–H groups in total. The van der Waals surface area contributed by atoms with E-state index < -0.39 is 0 Å². The van der Waals surface area contributed by atoms with Gasteiger partial charge < -0.3 is 22.8 Å². The Kier molecular flexibility index (Phi) is 13.6. The van der Waals surface area contributed by atoms with Crippen LogP contribution in [0.1, 0.15) is 7.43 Å². The smallest absolute Gasteiger partial charge is 0.275 e. The molecule has 1 aromatic carbocycles. The number of benzene rings is 1. The molecule has 0 aliphatic carbocycles. The summed E-state index contributed by atoms with van der Waals surface area (Å²) >= 11 is 0. The lowest BCUT2D eigenvalue weighted by Gasteiger charge is -2.14. The topological polar surface area (TPSA) is 46.2 Å². The van der Waals surface area contributed by atoms with E-state index >= 15 is 0 Å². The van der Waals surface area contributed by atoms with Crippen LogP contribution in [0.3, 0.4) is 0 Å². The quantitative estimate of drug-likeness (QED) is 0.691. The number of para-hydroxylation sites is 2. The molecule has 0 saturated carbocycles.